The molecule has 0 aliphatic rings. The van der Waals surface area contributed by atoms with Crippen LogP contribution in [0.4, 0.5) is 0 Å². The van der Waals surface area contributed by atoms with Gasteiger partial charge < -0.3 is 10.2 Å². The summed E-state index contributed by atoms with van der Waals surface area (Å²) < 4.78 is 31.4. The normalized spacial score (nSPS) is 13.9. The third-order valence-electron chi connectivity index (χ3n) is 4.88. The number of carboxylic acid groups (broad SMARTS) is 2. The van der Waals surface area contributed by atoms with Gasteiger partial charge in [0.1, 0.15) is 5.25 Å². The molecule has 29 heavy (non-hydrogen) atoms. The summed E-state index contributed by atoms with van der Waals surface area (Å²) in [5.74, 6) is -3.06. The lowest BCUT2D eigenvalue weighted by Gasteiger charge is -2.17. The second kappa shape index (κ2) is 16.9. The summed E-state index contributed by atoms with van der Waals surface area (Å²) in [5, 5.41) is 14.0. The van der Waals surface area contributed by atoms with Gasteiger partial charge in [0.05, 0.1) is 0 Å². The maximum Gasteiger partial charge on any atom is 0.326 e. The SMILES string of the molecule is CCCCCCCCCCCCCCCCSC(C(=O)O)C(C(=O)O)S(=O)(=O)O. The molecule has 0 aromatic rings. The smallest absolute Gasteiger partial charge is 0.326 e. The van der Waals surface area contributed by atoms with Crippen molar-refractivity contribution >= 4 is 33.8 Å². The number of carboxylic acids is 2. The third-order valence-corrected chi connectivity index (χ3v) is 7.52. The Morgan fingerprint density at radius 3 is 1.41 bits per heavy atom. The van der Waals surface area contributed by atoms with Gasteiger partial charge in [-0.25, -0.2) is 0 Å². The standard InChI is InChI=1S/C20H38O7S2/c1-2-3-4-5-6-7-8-9-10-11-12-13-14-15-16-28-17(19(21)22)18(20(23)24)29(25,26)27/h17-18H,2-16H2,1H3,(H,21,22)(H,23,24)(H,25,26,27). The largest absolute Gasteiger partial charge is 0.480 e. The Morgan fingerprint density at radius 1 is 0.724 bits per heavy atom. The van der Waals surface area contributed by atoms with E-state index in [0.717, 1.165) is 31.0 Å². The Bertz CT molecular complexity index is 549. The third kappa shape index (κ3) is 14.8. The van der Waals surface area contributed by atoms with Gasteiger partial charge in [-0.15, -0.1) is 11.8 Å². The van der Waals surface area contributed by atoms with E-state index in [9.17, 15) is 18.0 Å². The number of unbranched alkanes of at least 4 members (excludes halogenated alkanes) is 13. The van der Waals surface area contributed by atoms with E-state index >= 15 is 0 Å². The second-order valence-electron chi connectivity index (χ2n) is 7.50. The van der Waals surface area contributed by atoms with Crippen LogP contribution in [0.15, 0.2) is 0 Å². The average Bonchev–Trinajstić information content (AvgIpc) is 2.62. The van der Waals surface area contributed by atoms with E-state index in [-0.39, 0.29) is 0 Å². The number of hydrogen-bond donors (Lipinski definition) is 3. The summed E-state index contributed by atoms with van der Waals surface area (Å²) in [4.78, 5) is 22.2. The van der Waals surface area contributed by atoms with Gasteiger partial charge in [0, 0.05) is 0 Å². The summed E-state index contributed by atoms with van der Waals surface area (Å²) in [6, 6.07) is 0. The van der Waals surface area contributed by atoms with Crippen molar-refractivity contribution in [1.29, 1.82) is 0 Å². The summed E-state index contributed by atoms with van der Waals surface area (Å²) >= 11 is 0.758. The molecule has 3 N–H and O–H groups in total. The highest BCUT2D eigenvalue weighted by atomic mass is 32.2. The Balaban J connectivity index is 3.77. The molecule has 172 valence electrons. The molecule has 0 saturated heterocycles. The molecule has 0 aliphatic carbocycles. The highest BCUT2D eigenvalue weighted by molar-refractivity contribution is 8.01. The Kier molecular flexibility index (Phi) is 16.5. The molecule has 7 nitrogen and oxygen atoms in total. The van der Waals surface area contributed by atoms with Gasteiger partial charge in [0.2, 0.25) is 5.25 Å². The first kappa shape index (κ1) is 28.2. The first-order valence-corrected chi connectivity index (χ1v) is 13.3. The fourth-order valence-electron chi connectivity index (χ4n) is 3.21. The molecule has 2 atom stereocenters. The molecule has 9 heteroatoms. The van der Waals surface area contributed by atoms with Crippen molar-refractivity contribution in [3.8, 4) is 0 Å². The molecule has 0 spiro atoms. The van der Waals surface area contributed by atoms with Crippen molar-refractivity contribution in [1.82, 2.24) is 0 Å². The van der Waals surface area contributed by atoms with Crippen molar-refractivity contribution < 1.29 is 32.8 Å². The summed E-state index contributed by atoms with van der Waals surface area (Å²) in [7, 11) is -4.98. The average molecular weight is 455 g/mol. The summed E-state index contributed by atoms with van der Waals surface area (Å²) in [6.45, 7) is 2.23. The predicted octanol–water partition coefficient (Wildman–Crippen LogP) is 5.00. The van der Waals surface area contributed by atoms with Crippen molar-refractivity contribution in [2.45, 2.75) is 107 Å². The van der Waals surface area contributed by atoms with E-state index in [1.165, 1.54) is 64.2 Å². The van der Waals surface area contributed by atoms with Gasteiger partial charge >= 0.3 is 11.9 Å². The van der Waals surface area contributed by atoms with Crippen molar-refractivity contribution in [3.63, 3.8) is 0 Å². The van der Waals surface area contributed by atoms with Crippen LogP contribution in [-0.4, -0.2) is 51.4 Å². The molecule has 0 heterocycles. The van der Waals surface area contributed by atoms with Crippen LogP contribution in [0, 0.1) is 0 Å². The molecule has 2 unspecified atom stereocenters. The molecular weight excluding hydrogens is 416 g/mol. The quantitative estimate of drug-likeness (QED) is 0.173. The molecule has 0 fully saturated rings. The van der Waals surface area contributed by atoms with E-state index in [1.54, 1.807) is 0 Å². The van der Waals surface area contributed by atoms with E-state index in [2.05, 4.69) is 6.92 Å². The first-order valence-electron chi connectivity index (χ1n) is 10.7. The topological polar surface area (TPSA) is 129 Å². The molecule has 0 saturated carbocycles. The number of hydrogen-bond acceptors (Lipinski definition) is 5. The highest BCUT2D eigenvalue weighted by Gasteiger charge is 2.43. The molecule has 0 rings (SSSR count). The maximum absolute atomic E-state index is 11.2. The predicted molar refractivity (Wildman–Crippen MR) is 117 cm³/mol. The van der Waals surface area contributed by atoms with Crippen LogP contribution < -0.4 is 0 Å². The van der Waals surface area contributed by atoms with E-state index in [1.807, 2.05) is 0 Å². The Morgan fingerprint density at radius 2 is 1.10 bits per heavy atom. The van der Waals surface area contributed by atoms with Gasteiger partial charge in [-0.05, 0) is 12.2 Å². The highest BCUT2D eigenvalue weighted by Crippen LogP contribution is 2.23. The van der Waals surface area contributed by atoms with Crippen LogP contribution in [0.2, 0.25) is 0 Å². The van der Waals surface area contributed by atoms with Crippen LogP contribution in [0.25, 0.3) is 0 Å². The zero-order valence-corrected chi connectivity index (χ0v) is 19.2. The van der Waals surface area contributed by atoms with E-state index < -0.39 is 32.6 Å². The zero-order chi connectivity index (χ0) is 22.1. The minimum Gasteiger partial charge on any atom is -0.480 e. The van der Waals surface area contributed by atoms with Crippen LogP contribution in [0.3, 0.4) is 0 Å². The van der Waals surface area contributed by atoms with Crippen LogP contribution in [-0.2, 0) is 19.7 Å². The fourth-order valence-corrected chi connectivity index (χ4v) is 5.61. The Labute approximate surface area is 179 Å². The lowest BCUT2D eigenvalue weighted by atomic mass is 10.0. The minimum absolute atomic E-state index is 0.342. The molecule has 0 aromatic heterocycles. The molecule has 0 aliphatic heterocycles. The Hall–Kier alpha value is -0.800. The summed E-state index contributed by atoms with van der Waals surface area (Å²) in [5.41, 5.74) is 0. The second-order valence-corrected chi connectivity index (χ2v) is 10.3. The minimum atomic E-state index is -4.98. The summed E-state index contributed by atoms with van der Waals surface area (Å²) in [6.07, 6.45) is 16.7. The lowest BCUT2D eigenvalue weighted by Crippen LogP contribution is -2.43. The van der Waals surface area contributed by atoms with Crippen LogP contribution >= 0.6 is 11.8 Å². The molecule has 0 amide bonds. The van der Waals surface area contributed by atoms with Crippen LogP contribution in [0.1, 0.15) is 96.8 Å². The van der Waals surface area contributed by atoms with E-state index in [0.29, 0.717) is 12.2 Å². The first-order chi connectivity index (χ1) is 13.7. The van der Waals surface area contributed by atoms with Crippen LogP contribution in [0.5, 0.6) is 0 Å². The fraction of sp³-hybridized carbons (Fsp3) is 0.900. The monoisotopic (exact) mass is 454 g/mol. The van der Waals surface area contributed by atoms with Gasteiger partial charge in [-0.2, -0.15) is 8.42 Å². The van der Waals surface area contributed by atoms with Gasteiger partial charge in [-0.3, -0.25) is 14.1 Å². The van der Waals surface area contributed by atoms with Crippen molar-refractivity contribution in [3.05, 3.63) is 0 Å². The molecular formula is C20H38O7S2. The maximum atomic E-state index is 11.2. The zero-order valence-electron chi connectivity index (χ0n) is 17.6. The van der Waals surface area contributed by atoms with Crippen molar-refractivity contribution in [2.75, 3.05) is 5.75 Å². The molecule has 0 bridgehead atoms. The number of aliphatic carboxylic acids is 2. The van der Waals surface area contributed by atoms with E-state index in [4.69, 9.17) is 14.8 Å². The number of carbonyl (C=O) groups is 2. The van der Waals surface area contributed by atoms with Gasteiger partial charge in [0.25, 0.3) is 10.1 Å². The van der Waals surface area contributed by atoms with Gasteiger partial charge in [-0.1, -0.05) is 90.4 Å². The van der Waals surface area contributed by atoms with Crippen molar-refractivity contribution in [2.24, 2.45) is 0 Å². The van der Waals surface area contributed by atoms with Gasteiger partial charge in [0.15, 0.2) is 0 Å². The number of thioether (sulfide) groups is 1. The lowest BCUT2D eigenvalue weighted by molar-refractivity contribution is -0.142. The number of rotatable bonds is 20. The molecule has 0 radical (unpaired) electrons. The molecule has 0 aromatic carbocycles.